The normalized spacial score (nSPS) is 16.6. The molecule has 0 bridgehead atoms. The molecule has 0 radical (unpaired) electrons. The highest BCUT2D eigenvalue weighted by Crippen LogP contribution is 2.15. The Morgan fingerprint density at radius 1 is 1.50 bits per heavy atom. The fraction of sp³-hybridized carbons (Fsp3) is 0.917. The predicted octanol–water partition coefficient (Wildman–Crippen LogP) is 1.47. The van der Waals surface area contributed by atoms with Gasteiger partial charge in [0.05, 0.1) is 13.0 Å². The van der Waals surface area contributed by atoms with E-state index in [1.54, 1.807) is 6.92 Å². The van der Waals surface area contributed by atoms with Crippen LogP contribution in [-0.2, 0) is 9.53 Å². The minimum absolute atomic E-state index is 0.0653. The summed E-state index contributed by atoms with van der Waals surface area (Å²) in [6.45, 7) is 8.47. The monoisotopic (exact) mass is 231 g/mol. The molecule has 16 heavy (non-hydrogen) atoms. The number of hydrogen-bond donors (Lipinski definition) is 2. The minimum Gasteiger partial charge on any atom is -0.466 e. The molecular weight excluding hydrogens is 206 g/mol. The Morgan fingerprint density at radius 3 is 2.56 bits per heavy atom. The van der Waals surface area contributed by atoms with Crippen LogP contribution < -0.4 is 5.32 Å². The molecule has 2 N–H and O–H groups in total. The molecule has 0 saturated carbocycles. The average Bonchev–Trinajstić information content (AvgIpc) is 2.17. The number of esters is 1. The Balaban J connectivity index is 4.09. The molecule has 0 aromatic rings. The maximum atomic E-state index is 11.3. The number of carbonyl (C=O) groups excluding carboxylic acids is 1. The van der Waals surface area contributed by atoms with Gasteiger partial charge in [-0.25, -0.2) is 0 Å². The smallest absolute Gasteiger partial charge is 0.307 e. The van der Waals surface area contributed by atoms with Crippen LogP contribution in [0.4, 0.5) is 0 Å². The molecule has 4 nitrogen and oxygen atoms in total. The Hall–Kier alpha value is -0.610. The summed E-state index contributed by atoms with van der Waals surface area (Å²) in [7, 11) is 0. The molecular formula is C12H25NO3. The minimum atomic E-state index is -0.176. The third-order valence-electron chi connectivity index (χ3n) is 2.82. The third-order valence-corrected chi connectivity index (χ3v) is 2.82. The van der Waals surface area contributed by atoms with Crippen molar-refractivity contribution in [2.24, 2.45) is 0 Å². The van der Waals surface area contributed by atoms with Gasteiger partial charge in [0.1, 0.15) is 0 Å². The summed E-state index contributed by atoms with van der Waals surface area (Å²) in [6.07, 6.45) is 1.98. The van der Waals surface area contributed by atoms with Crippen molar-refractivity contribution < 1.29 is 14.6 Å². The Labute approximate surface area is 98.4 Å². The summed E-state index contributed by atoms with van der Waals surface area (Å²) in [5.74, 6) is -0.176. The molecule has 0 heterocycles. The molecule has 0 aliphatic rings. The van der Waals surface area contributed by atoms with Crippen LogP contribution in [0.1, 0.15) is 47.0 Å². The van der Waals surface area contributed by atoms with E-state index in [-0.39, 0.29) is 24.2 Å². The van der Waals surface area contributed by atoms with Crippen molar-refractivity contribution in [3.8, 4) is 0 Å². The molecule has 0 aromatic heterocycles. The van der Waals surface area contributed by atoms with E-state index in [9.17, 15) is 4.79 Å². The molecule has 0 saturated heterocycles. The lowest BCUT2D eigenvalue weighted by Gasteiger charge is -2.32. The molecule has 96 valence electrons. The van der Waals surface area contributed by atoms with Crippen LogP contribution in [0.3, 0.4) is 0 Å². The second kappa shape index (κ2) is 7.63. The fourth-order valence-electron chi connectivity index (χ4n) is 1.71. The van der Waals surface area contributed by atoms with E-state index in [0.717, 1.165) is 6.42 Å². The van der Waals surface area contributed by atoms with Crippen molar-refractivity contribution in [1.82, 2.24) is 5.32 Å². The maximum Gasteiger partial charge on any atom is 0.307 e. The van der Waals surface area contributed by atoms with Gasteiger partial charge in [0.25, 0.3) is 0 Å². The number of rotatable bonds is 8. The molecule has 0 aliphatic carbocycles. The van der Waals surface area contributed by atoms with E-state index in [0.29, 0.717) is 19.4 Å². The molecule has 0 rings (SSSR count). The molecule has 2 unspecified atom stereocenters. The summed E-state index contributed by atoms with van der Waals surface area (Å²) >= 11 is 0. The summed E-state index contributed by atoms with van der Waals surface area (Å²) in [6, 6.07) is 0.0653. The van der Waals surface area contributed by atoms with Gasteiger partial charge in [-0.1, -0.05) is 6.92 Å². The van der Waals surface area contributed by atoms with E-state index in [1.807, 2.05) is 6.92 Å². The predicted molar refractivity (Wildman–Crippen MR) is 64.2 cm³/mol. The lowest BCUT2D eigenvalue weighted by molar-refractivity contribution is -0.143. The number of hydrogen-bond acceptors (Lipinski definition) is 4. The van der Waals surface area contributed by atoms with Crippen molar-refractivity contribution in [2.45, 2.75) is 58.5 Å². The van der Waals surface area contributed by atoms with E-state index >= 15 is 0 Å². The molecule has 2 atom stereocenters. The van der Waals surface area contributed by atoms with E-state index in [1.165, 1.54) is 0 Å². The van der Waals surface area contributed by atoms with Gasteiger partial charge in [0, 0.05) is 18.2 Å². The second-order valence-electron chi connectivity index (χ2n) is 4.44. The first-order valence-corrected chi connectivity index (χ1v) is 6.01. The van der Waals surface area contributed by atoms with Gasteiger partial charge in [-0.15, -0.1) is 0 Å². The summed E-state index contributed by atoms with van der Waals surface area (Å²) in [4.78, 5) is 11.3. The average molecular weight is 231 g/mol. The van der Waals surface area contributed by atoms with Gasteiger partial charge in [-0.3, -0.25) is 4.79 Å². The zero-order valence-corrected chi connectivity index (χ0v) is 10.9. The lowest BCUT2D eigenvalue weighted by Crippen LogP contribution is -2.48. The van der Waals surface area contributed by atoms with Crippen LogP contribution in [0.25, 0.3) is 0 Å². The highest BCUT2D eigenvalue weighted by atomic mass is 16.5. The van der Waals surface area contributed by atoms with Crippen LogP contribution in [0.2, 0.25) is 0 Å². The topological polar surface area (TPSA) is 58.6 Å². The first kappa shape index (κ1) is 15.4. The molecule has 0 spiro atoms. The van der Waals surface area contributed by atoms with Crippen molar-refractivity contribution in [1.29, 1.82) is 0 Å². The highest BCUT2D eigenvalue weighted by molar-refractivity contribution is 5.70. The Kier molecular flexibility index (Phi) is 7.34. The maximum absolute atomic E-state index is 11.3. The molecule has 0 aliphatic heterocycles. The van der Waals surface area contributed by atoms with Gasteiger partial charge in [-0.2, -0.15) is 0 Å². The number of carbonyl (C=O) groups is 1. The third kappa shape index (κ3) is 6.08. The quantitative estimate of drug-likeness (QED) is 0.621. The van der Waals surface area contributed by atoms with Crippen LogP contribution in [0.15, 0.2) is 0 Å². The lowest BCUT2D eigenvalue weighted by atomic mass is 9.93. The molecule has 0 aromatic carbocycles. The van der Waals surface area contributed by atoms with Gasteiger partial charge in [0.15, 0.2) is 0 Å². The number of nitrogens with one attached hydrogen (secondary N) is 1. The zero-order chi connectivity index (χ0) is 12.6. The molecule has 4 heteroatoms. The largest absolute Gasteiger partial charge is 0.466 e. The fourth-order valence-corrected chi connectivity index (χ4v) is 1.71. The van der Waals surface area contributed by atoms with Crippen LogP contribution in [-0.4, -0.2) is 35.9 Å². The number of aliphatic hydroxyl groups is 1. The summed E-state index contributed by atoms with van der Waals surface area (Å²) in [5, 5.41) is 12.4. The van der Waals surface area contributed by atoms with Gasteiger partial charge in [0.2, 0.25) is 0 Å². The van der Waals surface area contributed by atoms with Crippen LogP contribution in [0.5, 0.6) is 0 Å². The van der Waals surface area contributed by atoms with E-state index in [4.69, 9.17) is 9.84 Å². The van der Waals surface area contributed by atoms with E-state index in [2.05, 4.69) is 19.2 Å². The van der Waals surface area contributed by atoms with Crippen molar-refractivity contribution in [3.63, 3.8) is 0 Å². The molecule has 0 fully saturated rings. The number of aliphatic hydroxyl groups excluding tert-OH is 1. The zero-order valence-electron chi connectivity index (χ0n) is 10.9. The first-order valence-electron chi connectivity index (χ1n) is 6.01. The summed E-state index contributed by atoms with van der Waals surface area (Å²) in [5.41, 5.74) is -0.110. The standard InChI is InChI=1S/C12H25NO3/c1-5-12(4,7-8-14)13-10(3)9-11(15)16-6-2/h10,13-14H,5-9H2,1-4H3. The van der Waals surface area contributed by atoms with Crippen molar-refractivity contribution in [2.75, 3.05) is 13.2 Å². The van der Waals surface area contributed by atoms with Gasteiger partial charge < -0.3 is 15.2 Å². The SMILES string of the molecule is CCOC(=O)CC(C)NC(C)(CC)CCO. The van der Waals surface area contributed by atoms with Crippen LogP contribution in [0, 0.1) is 0 Å². The first-order chi connectivity index (χ1) is 7.47. The second-order valence-corrected chi connectivity index (χ2v) is 4.44. The van der Waals surface area contributed by atoms with Gasteiger partial charge in [-0.05, 0) is 33.6 Å². The van der Waals surface area contributed by atoms with Crippen LogP contribution >= 0.6 is 0 Å². The highest BCUT2D eigenvalue weighted by Gasteiger charge is 2.24. The van der Waals surface area contributed by atoms with Crippen molar-refractivity contribution in [3.05, 3.63) is 0 Å². The van der Waals surface area contributed by atoms with Gasteiger partial charge >= 0.3 is 5.97 Å². The summed E-state index contributed by atoms with van der Waals surface area (Å²) < 4.78 is 4.89. The Morgan fingerprint density at radius 2 is 2.12 bits per heavy atom. The molecule has 0 amide bonds. The van der Waals surface area contributed by atoms with E-state index < -0.39 is 0 Å². The Bertz CT molecular complexity index is 208. The number of ether oxygens (including phenoxy) is 1. The van der Waals surface area contributed by atoms with Crippen molar-refractivity contribution >= 4 is 5.97 Å².